The molecule has 35 heavy (non-hydrogen) atoms. The van der Waals surface area contributed by atoms with E-state index in [0.717, 1.165) is 35.9 Å². The molecule has 0 fully saturated rings. The van der Waals surface area contributed by atoms with Crippen LogP contribution in [0.15, 0.2) is 60.8 Å². The van der Waals surface area contributed by atoms with Gasteiger partial charge in [0.2, 0.25) is 0 Å². The molecule has 0 N–H and O–H groups in total. The number of hydrogen-bond donors (Lipinski definition) is 0. The maximum atomic E-state index is 14.6. The average molecular weight is 478 g/mol. The fourth-order valence-electron chi connectivity index (χ4n) is 3.59. The number of ether oxygens (including phenoxy) is 1. The Bertz CT molecular complexity index is 1400. The minimum atomic E-state index is -1.51. The Hall–Kier alpha value is -3.85. The van der Waals surface area contributed by atoms with Gasteiger partial charge in [-0.25, -0.2) is 17.6 Å². The first-order valence-corrected chi connectivity index (χ1v) is 11.4. The fourth-order valence-corrected chi connectivity index (χ4v) is 3.59. The summed E-state index contributed by atoms with van der Waals surface area (Å²) in [6, 6.07) is 13.8. The first-order chi connectivity index (χ1) is 16.9. The van der Waals surface area contributed by atoms with Gasteiger partial charge in [0, 0.05) is 16.6 Å². The number of benzene rings is 3. The van der Waals surface area contributed by atoms with Gasteiger partial charge in [0.1, 0.15) is 11.6 Å². The maximum Gasteiger partial charge on any atom is 0.195 e. The average Bonchev–Trinajstić information content (AvgIpc) is 2.86. The van der Waals surface area contributed by atoms with E-state index in [-0.39, 0.29) is 16.3 Å². The molecule has 1 heterocycles. The molecule has 0 aliphatic heterocycles. The molecule has 3 aromatic carbocycles. The van der Waals surface area contributed by atoms with E-state index < -0.39 is 23.3 Å². The number of unbranched alkanes of at least 4 members (excludes halogenated alkanes) is 1. The van der Waals surface area contributed by atoms with Crippen LogP contribution in [0.3, 0.4) is 0 Å². The number of rotatable bonds is 7. The Morgan fingerprint density at radius 1 is 0.829 bits per heavy atom. The number of aromatic nitrogens is 1. The number of pyridine rings is 1. The van der Waals surface area contributed by atoms with Gasteiger partial charge in [0.05, 0.1) is 18.4 Å². The number of nitrogens with zero attached hydrogens (tertiary/aromatic N) is 1. The summed E-state index contributed by atoms with van der Waals surface area (Å²) in [5, 5.41) is 0.135. The van der Waals surface area contributed by atoms with Crippen molar-refractivity contribution in [1.29, 1.82) is 0 Å². The van der Waals surface area contributed by atoms with E-state index >= 15 is 0 Å². The van der Waals surface area contributed by atoms with Crippen molar-refractivity contribution in [3.05, 3.63) is 106 Å². The van der Waals surface area contributed by atoms with Crippen LogP contribution in [0.5, 0.6) is 5.75 Å². The maximum absolute atomic E-state index is 14.6. The monoisotopic (exact) mass is 477 g/mol. The van der Waals surface area contributed by atoms with Crippen LogP contribution in [0.4, 0.5) is 17.6 Å². The highest BCUT2D eigenvalue weighted by atomic mass is 19.2. The first kappa shape index (κ1) is 24.3. The van der Waals surface area contributed by atoms with E-state index in [1.807, 2.05) is 18.2 Å². The third-order valence-corrected chi connectivity index (χ3v) is 5.58. The highest BCUT2D eigenvalue weighted by Gasteiger charge is 2.13. The Morgan fingerprint density at radius 2 is 1.69 bits per heavy atom. The summed E-state index contributed by atoms with van der Waals surface area (Å²) in [4.78, 5) is 4.40. The standard InChI is InChI=1S/C29H23F4NO/c1-2-3-14-35-24-12-11-23(34-18-24)10-6-20-5-9-21(26(30)16-20)8-4-19-7-13-25-22(15-19)17-27(31)29(33)28(25)32/h5,7,9,11-13,15-18H,2-3,6,10,14H2,1H3. The molecule has 0 amide bonds. The Morgan fingerprint density at radius 3 is 2.43 bits per heavy atom. The van der Waals surface area contributed by atoms with E-state index in [0.29, 0.717) is 25.0 Å². The summed E-state index contributed by atoms with van der Waals surface area (Å²) in [6.07, 6.45) is 5.05. The molecule has 0 spiro atoms. The molecule has 4 aromatic rings. The zero-order valence-corrected chi connectivity index (χ0v) is 19.2. The summed E-state index contributed by atoms with van der Waals surface area (Å²) in [7, 11) is 0. The zero-order chi connectivity index (χ0) is 24.8. The lowest BCUT2D eigenvalue weighted by Gasteiger charge is -2.06. The number of hydrogen-bond acceptors (Lipinski definition) is 2. The molecule has 0 radical (unpaired) electrons. The normalized spacial score (nSPS) is 10.8. The van der Waals surface area contributed by atoms with Gasteiger partial charge >= 0.3 is 0 Å². The molecule has 0 aliphatic rings. The van der Waals surface area contributed by atoms with Crippen molar-refractivity contribution in [2.75, 3.05) is 6.61 Å². The molecular formula is C29H23F4NO. The fraction of sp³-hybridized carbons (Fsp3) is 0.207. The second kappa shape index (κ2) is 11.1. The summed E-state index contributed by atoms with van der Waals surface area (Å²) in [5.74, 6) is 1.81. The summed E-state index contributed by atoms with van der Waals surface area (Å²) >= 11 is 0. The molecule has 0 aliphatic carbocycles. The smallest absolute Gasteiger partial charge is 0.195 e. The summed E-state index contributed by atoms with van der Waals surface area (Å²) in [6.45, 7) is 2.78. The minimum absolute atomic E-state index is 0.0434. The van der Waals surface area contributed by atoms with Crippen LogP contribution in [-0.2, 0) is 12.8 Å². The first-order valence-electron chi connectivity index (χ1n) is 11.4. The van der Waals surface area contributed by atoms with Crippen molar-refractivity contribution in [2.24, 2.45) is 0 Å². The van der Waals surface area contributed by atoms with Gasteiger partial charge in [0.15, 0.2) is 17.5 Å². The number of aryl methyl sites for hydroxylation is 2. The molecule has 0 saturated carbocycles. The molecule has 1 aromatic heterocycles. The third-order valence-electron chi connectivity index (χ3n) is 5.58. The van der Waals surface area contributed by atoms with E-state index in [1.165, 1.54) is 24.3 Å². The SMILES string of the molecule is CCCCOc1ccc(CCc2ccc(C#Cc3ccc4c(F)c(F)c(F)cc4c3)c(F)c2)nc1. The lowest BCUT2D eigenvalue weighted by molar-refractivity contribution is 0.308. The molecule has 0 atom stereocenters. The van der Waals surface area contributed by atoms with Gasteiger partial charge in [-0.15, -0.1) is 0 Å². The van der Waals surface area contributed by atoms with E-state index in [2.05, 4.69) is 23.7 Å². The van der Waals surface area contributed by atoms with Crippen molar-refractivity contribution in [1.82, 2.24) is 4.98 Å². The van der Waals surface area contributed by atoms with Crippen LogP contribution >= 0.6 is 0 Å². The minimum Gasteiger partial charge on any atom is -0.492 e. The van der Waals surface area contributed by atoms with Crippen LogP contribution < -0.4 is 4.74 Å². The van der Waals surface area contributed by atoms with E-state index in [9.17, 15) is 17.6 Å². The van der Waals surface area contributed by atoms with Gasteiger partial charge in [-0.1, -0.05) is 37.3 Å². The van der Waals surface area contributed by atoms with Gasteiger partial charge in [0.25, 0.3) is 0 Å². The lowest BCUT2D eigenvalue weighted by atomic mass is 10.0. The van der Waals surface area contributed by atoms with Crippen molar-refractivity contribution < 1.29 is 22.3 Å². The number of fused-ring (bicyclic) bond motifs is 1. The molecule has 6 heteroatoms. The second-order valence-electron chi connectivity index (χ2n) is 8.17. The third kappa shape index (κ3) is 5.99. The van der Waals surface area contributed by atoms with Crippen LogP contribution in [0.2, 0.25) is 0 Å². The topological polar surface area (TPSA) is 22.1 Å². The Balaban J connectivity index is 1.41. The molecule has 2 nitrogen and oxygen atoms in total. The zero-order valence-electron chi connectivity index (χ0n) is 19.2. The lowest BCUT2D eigenvalue weighted by Crippen LogP contribution is -1.99. The second-order valence-corrected chi connectivity index (χ2v) is 8.17. The number of halogens is 4. The van der Waals surface area contributed by atoms with Gasteiger partial charge in [-0.3, -0.25) is 4.98 Å². The van der Waals surface area contributed by atoms with Crippen LogP contribution in [0, 0.1) is 35.1 Å². The Labute approximate surface area is 201 Å². The molecule has 0 unspecified atom stereocenters. The van der Waals surface area contributed by atoms with Gasteiger partial charge < -0.3 is 4.74 Å². The van der Waals surface area contributed by atoms with E-state index in [1.54, 1.807) is 12.3 Å². The van der Waals surface area contributed by atoms with Crippen molar-refractivity contribution in [3.63, 3.8) is 0 Å². The predicted molar refractivity (Wildman–Crippen MR) is 128 cm³/mol. The van der Waals surface area contributed by atoms with Gasteiger partial charge in [-0.05, 0) is 72.7 Å². The highest BCUT2D eigenvalue weighted by Crippen LogP contribution is 2.24. The molecule has 178 valence electrons. The summed E-state index contributed by atoms with van der Waals surface area (Å²) < 4.78 is 61.0. The van der Waals surface area contributed by atoms with Crippen molar-refractivity contribution in [2.45, 2.75) is 32.6 Å². The molecular weight excluding hydrogens is 454 g/mol. The van der Waals surface area contributed by atoms with Gasteiger partial charge in [-0.2, -0.15) is 0 Å². The van der Waals surface area contributed by atoms with Crippen LogP contribution in [0.1, 0.15) is 42.1 Å². The molecule has 0 bridgehead atoms. The van der Waals surface area contributed by atoms with Crippen molar-refractivity contribution in [3.8, 4) is 17.6 Å². The molecule has 0 saturated heterocycles. The largest absolute Gasteiger partial charge is 0.492 e. The quantitative estimate of drug-likeness (QED) is 0.122. The van der Waals surface area contributed by atoms with Crippen molar-refractivity contribution >= 4 is 10.8 Å². The van der Waals surface area contributed by atoms with Crippen LogP contribution in [0.25, 0.3) is 10.8 Å². The van der Waals surface area contributed by atoms with E-state index in [4.69, 9.17) is 4.74 Å². The highest BCUT2D eigenvalue weighted by molar-refractivity contribution is 5.84. The van der Waals surface area contributed by atoms with Crippen LogP contribution in [-0.4, -0.2) is 11.6 Å². The molecule has 4 rings (SSSR count). The predicted octanol–water partition coefficient (Wildman–Crippen LogP) is 7.16. The Kier molecular flexibility index (Phi) is 7.67. The summed E-state index contributed by atoms with van der Waals surface area (Å²) in [5.41, 5.74) is 2.34.